The van der Waals surface area contributed by atoms with Gasteiger partial charge in [0.15, 0.2) is 0 Å². The Balaban J connectivity index is 2.00. The molecular weight excluding hydrogens is 230 g/mol. The molecule has 18 heavy (non-hydrogen) atoms. The Labute approximate surface area is 105 Å². The molecule has 5 heteroatoms. The Kier molecular flexibility index (Phi) is 4.22. The highest BCUT2D eigenvalue weighted by molar-refractivity contribution is 5.30. The summed E-state index contributed by atoms with van der Waals surface area (Å²) in [6.45, 7) is -0.0160. The van der Waals surface area contributed by atoms with Crippen LogP contribution in [0.2, 0.25) is 0 Å². The first-order valence-corrected chi connectivity index (χ1v) is 5.67. The third-order valence-electron chi connectivity index (χ3n) is 2.42. The molecular formula is C13H15N3O2. The van der Waals surface area contributed by atoms with Crippen molar-refractivity contribution in [1.29, 1.82) is 0 Å². The second kappa shape index (κ2) is 6.09. The largest absolute Gasteiger partial charge is 0.438 e. The topological polar surface area (TPSA) is 81.3 Å². The van der Waals surface area contributed by atoms with Gasteiger partial charge in [0.05, 0.1) is 12.8 Å². The van der Waals surface area contributed by atoms with E-state index in [4.69, 9.17) is 15.6 Å². The van der Waals surface area contributed by atoms with E-state index in [1.165, 1.54) is 0 Å². The number of aliphatic hydroxyl groups excluding tert-OH is 1. The lowest BCUT2D eigenvalue weighted by atomic mass is 10.1. The number of aliphatic hydroxyl groups is 1. The summed E-state index contributed by atoms with van der Waals surface area (Å²) in [7, 11) is 0. The van der Waals surface area contributed by atoms with Crippen molar-refractivity contribution in [3.05, 3.63) is 48.4 Å². The van der Waals surface area contributed by atoms with E-state index in [2.05, 4.69) is 9.97 Å². The number of hydrogen-bond donors (Lipinski definition) is 2. The Bertz CT molecular complexity index is 473. The van der Waals surface area contributed by atoms with Crippen LogP contribution >= 0.6 is 0 Å². The van der Waals surface area contributed by atoms with Gasteiger partial charge in [-0.05, 0) is 24.1 Å². The van der Waals surface area contributed by atoms with Gasteiger partial charge in [-0.25, -0.2) is 4.98 Å². The average molecular weight is 245 g/mol. The van der Waals surface area contributed by atoms with Crippen LogP contribution in [-0.4, -0.2) is 27.7 Å². The second-order valence-corrected chi connectivity index (χ2v) is 3.94. The first-order valence-electron chi connectivity index (χ1n) is 5.67. The number of hydrogen-bond acceptors (Lipinski definition) is 5. The standard InChI is InChI=1S/C13H15N3O2/c14-11(9-17)7-10-1-3-12(4-2-10)18-13-8-15-5-6-16-13/h1-6,8,11,17H,7,9,14H2/t11-/m0/s1. The fraction of sp³-hybridized carbons (Fsp3) is 0.231. The van der Waals surface area contributed by atoms with Crippen LogP contribution in [0.4, 0.5) is 0 Å². The maximum Gasteiger partial charge on any atom is 0.237 e. The third-order valence-corrected chi connectivity index (χ3v) is 2.42. The van der Waals surface area contributed by atoms with Gasteiger partial charge in [-0.1, -0.05) is 12.1 Å². The first kappa shape index (κ1) is 12.5. The fourth-order valence-corrected chi connectivity index (χ4v) is 1.52. The molecule has 0 fully saturated rings. The van der Waals surface area contributed by atoms with Gasteiger partial charge in [0.2, 0.25) is 5.88 Å². The van der Waals surface area contributed by atoms with Gasteiger partial charge in [-0.3, -0.25) is 4.98 Å². The van der Waals surface area contributed by atoms with Crippen molar-refractivity contribution in [1.82, 2.24) is 9.97 Å². The molecule has 0 aliphatic rings. The predicted octanol–water partition coefficient (Wildman–Crippen LogP) is 1.13. The van der Waals surface area contributed by atoms with E-state index in [-0.39, 0.29) is 12.6 Å². The number of benzene rings is 1. The predicted molar refractivity (Wildman–Crippen MR) is 67.3 cm³/mol. The summed E-state index contributed by atoms with van der Waals surface area (Å²) in [5.41, 5.74) is 6.73. The van der Waals surface area contributed by atoms with Crippen LogP contribution in [0.25, 0.3) is 0 Å². The number of aromatic nitrogens is 2. The molecule has 1 atom stereocenters. The lowest BCUT2D eigenvalue weighted by molar-refractivity contribution is 0.265. The van der Waals surface area contributed by atoms with Crippen LogP contribution in [0.15, 0.2) is 42.9 Å². The molecule has 94 valence electrons. The molecule has 5 nitrogen and oxygen atoms in total. The summed E-state index contributed by atoms with van der Waals surface area (Å²) in [4.78, 5) is 7.94. The number of rotatable bonds is 5. The van der Waals surface area contributed by atoms with E-state index in [0.29, 0.717) is 18.1 Å². The molecule has 3 N–H and O–H groups in total. The molecule has 1 aromatic carbocycles. The molecule has 0 radical (unpaired) electrons. The van der Waals surface area contributed by atoms with Gasteiger partial charge in [0, 0.05) is 18.4 Å². The minimum absolute atomic E-state index is 0.0160. The van der Waals surface area contributed by atoms with Crippen molar-refractivity contribution in [2.24, 2.45) is 5.73 Å². The normalized spacial score (nSPS) is 12.1. The SMILES string of the molecule is N[C@H](CO)Cc1ccc(Oc2cnccn2)cc1. The van der Waals surface area contributed by atoms with E-state index in [9.17, 15) is 0 Å². The summed E-state index contributed by atoms with van der Waals surface area (Å²) in [6.07, 6.45) is 5.35. The smallest absolute Gasteiger partial charge is 0.237 e. The van der Waals surface area contributed by atoms with Crippen molar-refractivity contribution in [3.63, 3.8) is 0 Å². The van der Waals surface area contributed by atoms with Crippen LogP contribution in [0.3, 0.4) is 0 Å². The van der Waals surface area contributed by atoms with Crippen LogP contribution in [0.1, 0.15) is 5.56 Å². The summed E-state index contributed by atoms with van der Waals surface area (Å²) in [5.74, 6) is 1.15. The second-order valence-electron chi connectivity index (χ2n) is 3.94. The van der Waals surface area contributed by atoms with Gasteiger partial charge in [0.1, 0.15) is 5.75 Å². The van der Waals surface area contributed by atoms with E-state index in [0.717, 1.165) is 5.56 Å². The molecule has 1 aromatic heterocycles. The van der Waals surface area contributed by atoms with Crippen LogP contribution in [0.5, 0.6) is 11.6 Å². The Morgan fingerprint density at radius 3 is 2.61 bits per heavy atom. The first-order chi connectivity index (χ1) is 8.78. The van der Waals surface area contributed by atoms with Gasteiger partial charge in [-0.15, -0.1) is 0 Å². The van der Waals surface area contributed by atoms with E-state index in [1.807, 2.05) is 24.3 Å². The third kappa shape index (κ3) is 3.51. The molecule has 0 saturated heterocycles. The van der Waals surface area contributed by atoms with Gasteiger partial charge in [0.25, 0.3) is 0 Å². The molecule has 0 bridgehead atoms. The lowest BCUT2D eigenvalue weighted by Gasteiger charge is -2.09. The highest BCUT2D eigenvalue weighted by Gasteiger charge is 2.03. The van der Waals surface area contributed by atoms with Gasteiger partial charge >= 0.3 is 0 Å². The number of nitrogens with zero attached hydrogens (tertiary/aromatic N) is 2. The monoisotopic (exact) mass is 245 g/mol. The minimum atomic E-state index is -0.225. The molecule has 0 aliphatic carbocycles. The molecule has 0 amide bonds. The van der Waals surface area contributed by atoms with Crippen molar-refractivity contribution in [2.75, 3.05) is 6.61 Å². The number of ether oxygens (including phenoxy) is 1. The van der Waals surface area contributed by atoms with Crippen LogP contribution in [-0.2, 0) is 6.42 Å². The lowest BCUT2D eigenvalue weighted by Crippen LogP contribution is -2.26. The Hall–Kier alpha value is -1.98. The zero-order valence-corrected chi connectivity index (χ0v) is 9.86. The molecule has 0 aliphatic heterocycles. The molecule has 0 saturated carbocycles. The van der Waals surface area contributed by atoms with Crippen molar-refractivity contribution in [3.8, 4) is 11.6 Å². The summed E-state index contributed by atoms with van der Waals surface area (Å²) >= 11 is 0. The van der Waals surface area contributed by atoms with Gasteiger partial charge in [-0.2, -0.15) is 0 Å². The highest BCUT2D eigenvalue weighted by Crippen LogP contribution is 2.18. The molecule has 1 heterocycles. The molecule has 0 spiro atoms. The maximum atomic E-state index is 8.88. The van der Waals surface area contributed by atoms with Crippen molar-refractivity contribution < 1.29 is 9.84 Å². The van der Waals surface area contributed by atoms with Crippen molar-refractivity contribution >= 4 is 0 Å². The van der Waals surface area contributed by atoms with E-state index >= 15 is 0 Å². The van der Waals surface area contributed by atoms with E-state index in [1.54, 1.807) is 18.6 Å². The zero-order chi connectivity index (χ0) is 12.8. The highest BCUT2D eigenvalue weighted by atomic mass is 16.5. The maximum absolute atomic E-state index is 8.88. The number of nitrogens with two attached hydrogens (primary N) is 1. The summed E-state index contributed by atoms with van der Waals surface area (Å²) in [5, 5.41) is 8.88. The quantitative estimate of drug-likeness (QED) is 0.825. The van der Waals surface area contributed by atoms with Gasteiger partial charge < -0.3 is 15.6 Å². The van der Waals surface area contributed by atoms with E-state index < -0.39 is 0 Å². The average Bonchev–Trinajstić information content (AvgIpc) is 2.42. The fourth-order valence-electron chi connectivity index (χ4n) is 1.52. The minimum Gasteiger partial charge on any atom is -0.438 e. The molecule has 2 aromatic rings. The summed E-state index contributed by atoms with van der Waals surface area (Å²) < 4.78 is 5.51. The Morgan fingerprint density at radius 1 is 1.22 bits per heavy atom. The Morgan fingerprint density at radius 2 is 2.00 bits per heavy atom. The van der Waals surface area contributed by atoms with Crippen molar-refractivity contribution in [2.45, 2.75) is 12.5 Å². The molecule has 0 unspecified atom stereocenters. The van der Waals surface area contributed by atoms with Crippen LogP contribution < -0.4 is 10.5 Å². The van der Waals surface area contributed by atoms with Crippen LogP contribution in [0, 0.1) is 0 Å². The molecule has 2 rings (SSSR count). The summed E-state index contributed by atoms with van der Waals surface area (Å²) in [6, 6.07) is 7.29. The zero-order valence-electron chi connectivity index (χ0n) is 9.86.